The van der Waals surface area contributed by atoms with Gasteiger partial charge in [-0.15, -0.1) is 0 Å². The average molecular weight is 336 g/mol. The molecule has 0 spiro atoms. The molecule has 0 bridgehead atoms. The van der Waals surface area contributed by atoms with Gasteiger partial charge in [-0.25, -0.2) is 0 Å². The molecule has 0 amide bonds. The first kappa shape index (κ1) is 17.7. The number of ether oxygens (including phenoxy) is 1. The zero-order valence-corrected chi connectivity index (χ0v) is 15.1. The summed E-state index contributed by atoms with van der Waals surface area (Å²) in [7, 11) is 1.71. The van der Waals surface area contributed by atoms with E-state index in [-0.39, 0.29) is 0 Å². The molecule has 1 aliphatic rings. The quantitative estimate of drug-likeness (QED) is 0.713. The molecule has 3 rings (SSSR count). The molecule has 1 atom stereocenters. The standard InChI is InChI=1S/C22H28N2O/c1-25-16-8-13-22-19-23(17-20-9-4-2-5-10-20)14-15-24(22)18-21-11-6-3-7-12-21/h2-12,16,22H,13-15,17-19H2,1H3/b16-8+. The summed E-state index contributed by atoms with van der Waals surface area (Å²) in [6, 6.07) is 22.1. The molecule has 1 heterocycles. The van der Waals surface area contributed by atoms with Gasteiger partial charge in [0.1, 0.15) is 0 Å². The molecule has 2 aromatic rings. The highest BCUT2D eigenvalue weighted by Gasteiger charge is 2.26. The molecule has 1 fully saturated rings. The van der Waals surface area contributed by atoms with E-state index in [0.29, 0.717) is 6.04 Å². The van der Waals surface area contributed by atoms with Crippen molar-refractivity contribution in [2.45, 2.75) is 25.6 Å². The fourth-order valence-electron chi connectivity index (χ4n) is 3.50. The van der Waals surface area contributed by atoms with Crippen LogP contribution >= 0.6 is 0 Å². The van der Waals surface area contributed by atoms with E-state index in [4.69, 9.17) is 4.74 Å². The number of piperazine rings is 1. The Morgan fingerprint density at radius 2 is 1.56 bits per heavy atom. The van der Waals surface area contributed by atoms with Crippen LogP contribution in [0, 0.1) is 0 Å². The van der Waals surface area contributed by atoms with E-state index < -0.39 is 0 Å². The molecular formula is C22H28N2O. The van der Waals surface area contributed by atoms with Gasteiger partial charge in [0.05, 0.1) is 13.4 Å². The van der Waals surface area contributed by atoms with Crippen molar-refractivity contribution in [2.24, 2.45) is 0 Å². The summed E-state index contributed by atoms with van der Waals surface area (Å²) in [4.78, 5) is 5.18. The van der Waals surface area contributed by atoms with E-state index in [1.165, 1.54) is 11.1 Å². The van der Waals surface area contributed by atoms with E-state index in [0.717, 1.165) is 39.1 Å². The number of benzene rings is 2. The van der Waals surface area contributed by atoms with E-state index in [1.54, 1.807) is 13.4 Å². The van der Waals surface area contributed by atoms with Crippen LogP contribution < -0.4 is 0 Å². The largest absolute Gasteiger partial charge is 0.505 e. The predicted molar refractivity (Wildman–Crippen MR) is 103 cm³/mol. The first-order valence-corrected chi connectivity index (χ1v) is 9.07. The number of rotatable bonds is 7. The lowest BCUT2D eigenvalue weighted by molar-refractivity contribution is 0.0651. The first-order chi connectivity index (χ1) is 12.3. The monoisotopic (exact) mass is 336 g/mol. The van der Waals surface area contributed by atoms with Gasteiger partial charge >= 0.3 is 0 Å². The van der Waals surface area contributed by atoms with Crippen LogP contribution in [0.4, 0.5) is 0 Å². The Bertz CT molecular complexity index is 642. The van der Waals surface area contributed by atoms with E-state index >= 15 is 0 Å². The minimum absolute atomic E-state index is 0.518. The number of hydrogen-bond donors (Lipinski definition) is 0. The molecule has 1 unspecified atom stereocenters. The Balaban J connectivity index is 1.64. The van der Waals surface area contributed by atoms with Gasteiger partial charge in [-0.3, -0.25) is 9.80 Å². The van der Waals surface area contributed by atoms with Crippen LogP contribution in [0.2, 0.25) is 0 Å². The van der Waals surface area contributed by atoms with E-state index in [2.05, 4.69) is 76.5 Å². The number of methoxy groups -OCH3 is 1. The lowest BCUT2D eigenvalue weighted by Gasteiger charge is -2.41. The lowest BCUT2D eigenvalue weighted by Crippen LogP contribution is -2.52. The molecule has 2 aromatic carbocycles. The van der Waals surface area contributed by atoms with Crippen LogP contribution in [0.3, 0.4) is 0 Å². The SMILES string of the molecule is CO/C=C/CC1CN(Cc2ccccc2)CCN1Cc1ccccc1. The van der Waals surface area contributed by atoms with Crippen LogP contribution in [-0.2, 0) is 17.8 Å². The Labute approximate surface area is 151 Å². The minimum Gasteiger partial charge on any atom is -0.505 e. The third-order valence-corrected chi connectivity index (χ3v) is 4.81. The fraction of sp³-hybridized carbons (Fsp3) is 0.364. The second-order valence-electron chi connectivity index (χ2n) is 6.67. The van der Waals surface area contributed by atoms with Crippen LogP contribution in [0.25, 0.3) is 0 Å². The Morgan fingerprint density at radius 3 is 2.20 bits per heavy atom. The maximum Gasteiger partial charge on any atom is 0.0785 e. The smallest absolute Gasteiger partial charge is 0.0785 e. The highest BCUT2D eigenvalue weighted by Crippen LogP contribution is 2.19. The predicted octanol–water partition coefficient (Wildman–Crippen LogP) is 3.92. The first-order valence-electron chi connectivity index (χ1n) is 9.07. The molecular weight excluding hydrogens is 308 g/mol. The zero-order chi connectivity index (χ0) is 17.3. The van der Waals surface area contributed by atoms with Gasteiger partial charge in [-0.05, 0) is 23.6 Å². The summed E-state index contributed by atoms with van der Waals surface area (Å²) < 4.78 is 5.10. The summed E-state index contributed by atoms with van der Waals surface area (Å²) in [5, 5.41) is 0. The maximum absolute atomic E-state index is 5.10. The summed E-state index contributed by atoms with van der Waals surface area (Å²) in [5.41, 5.74) is 2.78. The summed E-state index contributed by atoms with van der Waals surface area (Å²) >= 11 is 0. The van der Waals surface area contributed by atoms with Crippen LogP contribution in [0.1, 0.15) is 17.5 Å². The van der Waals surface area contributed by atoms with Crippen molar-refractivity contribution in [3.8, 4) is 0 Å². The normalized spacial score (nSPS) is 19.3. The molecule has 0 radical (unpaired) electrons. The minimum atomic E-state index is 0.518. The Kier molecular flexibility index (Phi) is 6.66. The molecule has 0 aromatic heterocycles. The summed E-state index contributed by atoms with van der Waals surface area (Å²) in [5.74, 6) is 0. The second kappa shape index (κ2) is 9.40. The van der Waals surface area contributed by atoms with E-state index in [9.17, 15) is 0 Å². The number of nitrogens with zero attached hydrogens (tertiary/aromatic N) is 2. The van der Waals surface area contributed by atoms with Gasteiger partial charge in [0.2, 0.25) is 0 Å². The van der Waals surface area contributed by atoms with Gasteiger partial charge in [0, 0.05) is 38.8 Å². The average Bonchev–Trinajstić information content (AvgIpc) is 2.66. The Morgan fingerprint density at radius 1 is 0.920 bits per heavy atom. The van der Waals surface area contributed by atoms with Crippen LogP contribution in [0.15, 0.2) is 73.0 Å². The third kappa shape index (κ3) is 5.45. The molecule has 1 saturated heterocycles. The van der Waals surface area contributed by atoms with Crippen molar-refractivity contribution in [2.75, 3.05) is 26.7 Å². The second-order valence-corrected chi connectivity index (χ2v) is 6.67. The molecule has 1 aliphatic heterocycles. The highest BCUT2D eigenvalue weighted by atomic mass is 16.5. The van der Waals surface area contributed by atoms with Gasteiger partial charge in [0.15, 0.2) is 0 Å². The molecule has 0 aliphatic carbocycles. The highest BCUT2D eigenvalue weighted by molar-refractivity contribution is 5.16. The van der Waals surface area contributed by atoms with E-state index in [1.807, 2.05) is 0 Å². The van der Waals surface area contributed by atoms with Gasteiger partial charge in [0.25, 0.3) is 0 Å². The molecule has 0 N–H and O–H groups in total. The van der Waals surface area contributed by atoms with Crippen molar-refractivity contribution in [3.63, 3.8) is 0 Å². The van der Waals surface area contributed by atoms with Crippen molar-refractivity contribution >= 4 is 0 Å². The Hall–Kier alpha value is -2.10. The molecule has 25 heavy (non-hydrogen) atoms. The van der Waals surface area contributed by atoms with Crippen LogP contribution in [0.5, 0.6) is 0 Å². The van der Waals surface area contributed by atoms with Crippen molar-refractivity contribution in [3.05, 3.63) is 84.1 Å². The molecule has 3 heteroatoms. The van der Waals surface area contributed by atoms with Crippen molar-refractivity contribution in [1.82, 2.24) is 9.80 Å². The van der Waals surface area contributed by atoms with Gasteiger partial charge in [-0.1, -0.05) is 60.7 Å². The zero-order valence-electron chi connectivity index (χ0n) is 15.1. The summed E-state index contributed by atoms with van der Waals surface area (Å²) in [6.45, 7) is 5.37. The molecule has 132 valence electrons. The summed E-state index contributed by atoms with van der Waals surface area (Å²) in [6.07, 6.45) is 4.97. The molecule has 0 saturated carbocycles. The number of hydrogen-bond acceptors (Lipinski definition) is 3. The third-order valence-electron chi connectivity index (χ3n) is 4.81. The topological polar surface area (TPSA) is 15.7 Å². The lowest BCUT2D eigenvalue weighted by atomic mass is 10.1. The van der Waals surface area contributed by atoms with Crippen LogP contribution in [-0.4, -0.2) is 42.6 Å². The van der Waals surface area contributed by atoms with Crippen molar-refractivity contribution < 1.29 is 4.74 Å². The maximum atomic E-state index is 5.10. The molecule has 3 nitrogen and oxygen atoms in total. The van der Waals surface area contributed by atoms with Crippen molar-refractivity contribution in [1.29, 1.82) is 0 Å². The van der Waals surface area contributed by atoms with Gasteiger partial charge in [-0.2, -0.15) is 0 Å². The van der Waals surface area contributed by atoms with Gasteiger partial charge < -0.3 is 4.74 Å². The fourth-order valence-corrected chi connectivity index (χ4v) is 3.50.